The van der Waals surface area contributed by atoms with Crippen molar-refractivity contribution in [1.29, 1.82) is 0 Å². The summed E-state index contributed by atoms with van der Waals surface area (Å²) < 4.78 is 10.4. The Kier molecular flexibility index (Phi) is 7.75. The minimum atomic E-state index is -1.31. The van der Waals surface area contributed by atoms with E-state index in [1.54, 1.807) is 13.8 Å². The van der Waals surface area contributed by atoms with Gasteiger partial charge in [-0.25, -0.2) is 0 Å². The molecule has 0 amide bonds. The zero-order valence-corrected chi connectivity index (χ0v) is 14.5. The van der Waals surface area contributed by atoms with Gasteiger partial charge in [0, 0.05) is 0 Å². The fourth-order valence-electron chi connectivity index (χ4n) is 2.42. The van der Waals surface area contributed by atoms with Crippen LogP contribution in [0.25, 0.3) is 0 Å². The first-order chi connectivity index (χ1) is 11.0. The molecule has 1 aromatic rings. The summed E-state index contributed by atoms with van der Waals surface area (Å²) in [4.78, 5) is 27.3. The molecule has 0 aliphatic rings. The fraction of sp³-hybridized carbons (Fsp3) is 0.556. The molecule has 1 aromatic carbocycles. The average molecular weight is 321 g/mol. The number of carbonyl (C=O) groups is 2. The van der Waals surface area contributed by atoms with Crippen molar-refractivity contribution in [3.8, 4) is 0 Å². The van der Waals surface area contributed by atoms with Crippen LogP contribution in [0.1, 0.15) is 25.8 Å². The summed E-state index contributed by atoms with van der Waals surface area (Å²) in [6.07, 6.45) is 0.631. The predicted molar refractivity (Wildman–Crippen MR) is 89.0 cm³/mol. The van der Waals surface area contributed by atoms with Crippen LogP contribution in [0.15, 0.2) is 30.3 Å². The Hall–Kier alpha value is -1.88. The van der Waals surface area contributed by atoms with Gasteiger partial charge < -0.3 is 14.4 Å². The number of hydrogen-bond donors (Lipinski definition) is 0. The van der Waals surface area contributed by atoms with Crippen LogP contribution < -0.4 is 0 Å². The number of benzene rings is 1. The number of hydrogen-bond acceptors (Lipinski definition) is 5. The van der Waals surface area contributed by atoms with Gasteiger partial charge in [0.05, 0.1) is 13.2 Å². The Bertz CT molecular complexity index is 481. The van der Waals surface area contributed by atoms with Crippen LogP contribution in [0.3, 0.4) is 0 Å². The number of carbonyl (C=O) groups excluding carboxylic acids is 2. The molecule has 5 nitrogen and oxygen atoms in total. The Morgan fingerprint density at radius 2 is 1.52 bits per heavy atom. The zero-order chi connectivity index (χ0) is 17.3. The van der Waals surface area contributed by atoms with E-state index in [0.29, 0.717) is 13.0 Å². The van der Waals surface area contributed by atoms with Crippen LogP contribution in [-0.4, -0.2) is 50.7 Å². The Balaban J connectivity index is 3.19. The van der Waals surface area contributed by atoms with Crippen LogP contribution in [0.2, 0.25) is 0 Å². The molecule has 0 saturated carbocycles. The highest BCUT2D eigenvalue weighted by Gasteiger charge is 2.48. The number of nitrogens with zero attached hydrogens (tertiary/aromatic N) is 1. The maximum absolute atomic E-state index is 12.7. The van der Waals surface area contributed by atoms with Crippen molar-refractivity contribution in [2.24, 2.45) is 5.41 Å². The molecule has 0 aliphatic carbocycles. The number of ether oxygens (including phenoxy) is 2. The molecule has 5 heteroatoms. The highest BCUT2D eigenvalue weighted by molar-refractivity contribution is 6.00. The van der Waals surface area contributed by atoms with Crippen molar-refractivity contribution in [3.05, 3.63) is 35.9 Å². The second-order valence-corrected chi connectivity index (χ2v) is 5.74. The van der Waals surface area contributed by atoms with Gasteiger partial charge in [0.1, 0.15) is 0 Å². The smallest absolute Gasteiger partial charge is 0.323 e. The SMILES string of the molecule is CCOC(=O)C(CCN(C)C)(Cc1ccccc1)C(=O)OCC. The van der Waals surface area contributed by atoms with E-state index in [1.807, 2.05) is 49.3 Å². The lowest BCUT2D eigenvalue weighted by molar-refractivity contribution is -0.173. The maximum Gasteiger partial charge on any atom is 0.323 e. The Morgan fingerprint density at radius 1 is 1.00 bits per heavy atom. The summed E-state index contributed by atoms with van der Waals surface area (Å²) >= 11 is 0. The molecule has 0 fully saturated rings. The minimum Gasteiger partial charge on any atom is -0.465 e. The molecule has 0 atom stereocenters. The lowest BCUT2D eigenvalue weighted by atomic mass is 9.78. The standard InChI is InChI=1S/C18H27NO4/c1-5-22-16(20)18(12-13-19(3)4,17(21)23-6-2)14-15-10-8-7-9-11-15/h7-11H,5-6,12-14H2,1-4H3. The van der Waals surface area contributed by atoms with Crippen LogP contribution in [0.4, 0.5) is 0 Å². The van der Waals surface area contributed by atoms with E-state index in [-0.39, 0.29) is 19.6 Å². The molecule has 0 spiro atoms. The van der Waals surface area contributed by atoms with Crippen molar-refractivity contribution in [3.63, 3.8) is 0 Å². The zero-order valence-electron chi connectivity index (χ0n) is 14.5. The van der Waals surface area contributed by atoms with E-state index in [9.17, 15) is 9.59 Å². The van der Waals surface area contributed by atoms with E-state index >= 15 is 0 Å². The maximum atomic E-state index is 12.7. The van der Waals surface area contributed by atoms with Crippen LogP contribution in [0.5, 0.6) is 0 Å². The number of rotatable bonds is 9. The van der Waals surface area contributed by atoms with Gasteiger partial charge in [-0.05, 0) is 52.9 Å². The predicted octanol–water partition coefficient (Wildman–Crippen LogP) is 2.29. The molecule has 0 N–H and O–H groups in total. The first-order valence-electron chi connectivity index (χ1n) is 7.99. The monoisotopic (exact) mass is 321 g/mol. The van der Waals surface area contributed by atoms with Gasteiger partial charge in [-0.15, -0.1) is 0 Å². The molecular weight excluding hydrogens is 294 g/mol. The molecule has 128 valence electrons. The van der Waals surface area contributed by atoms with Gasteiger partial charge in [0.25, 0.3) is 0 Å². The van der Waals surface area contributed by atoms with E-state index in [0.717, 1.165) is 5.56 Å². The molecule has 0 bridgehead atoms. The van der Waals surface area contributed by atoms with Crippen molar-refractivity contribution in [2.75, 3.05) is 33.9 Å². The Morgan fingerprint density at radius 3 is 1.96 bits per heavy atom. The molecule has 0 radical (unpaired) electrons. The second-order valence-electron chi connectivity index (χ2n) is 5.74. The van der Waals surface area contributed by atoms with Crippen molar-refractivity contribution in [1.82, 2.24) is 4.90 Å². The highest BCUT2D eigenvalue weighted by atomic mass is 16.6. The summed E-state index contributed by atoms with van der Waals surface area (Å²) in [7, 11) is 3.81. The summed E-state index contributed by atoms with van der Waals surface area (Å²) in [6, 6.07) is 9.50. The van der Waals surface area contributed by atoms with E-state index in [1.165, 1.54) is 0 Å². The lowest BCUT2D eigenvalue weighted by Gasteiger charge is -2.30. The molecular formula is C18H27NO4. The van der Waals surface area contributed by atoms with Gasteiger partial charge in [-0.3, -0.25) is 9.59 Å². The summed E-state index contributed by atoms with van der Waals surface area (Å²) in [5.74, 6) is -1.02. The molecule has 0 saturated heterocycles. The van der Waals surface area contributed by atoms with Crippen LogP contribution in [-0.2, 0) is 25.5 Å². The summed E-state index contributed by atoms with van der Waals surface area (Å²) in [6.45, 7) is 4.53. The third kappa shape index (κ3) is 5.36. The molecule has 0 aromatic heterocycles. The van der Waals surface area contributed by atoms with E-state index in [2.05, 4.69) is 0 Å². The first-order valence-corrected chi connectivity index (χ1v) is 7.99. The molecule has 23 heavy (non-hydrogen) atoms. The third-order valence-corrected chi connectivity index (χ3v) is 3.67. The fourth-order valence-corrected chi connectivity index (χ4v) is 2.42. The molecule has 0 aliphatic heterocycles. The minimum absolute atomic E-state index is 0.233. The summed E-state index contributed by atoms with van der Waals surface area (Å²) in [5.41, 5.74) is -0.398. The molecule has 0 unspecified atom stereocenters. The molecule has 1 rings (SSSR count). The van der Waals surface area contributed by atoms with Crippen molar-refractivity contribution in [2.45, 2.75) is 26.7 Å². The third-order valence-electron chi connectivity index (χ3n) is 3.67. The van der Waals surface area contributed by atoms with Crippen LogP contribution >= 0.6 is 0 Å². The van der Waals surface area contributed by atoms with E-state index < -0.39 is 17.4 Å². The average Bonchev–Trinajstić information content (AvgIpc) is 2.52. The highest BCUT2D eigenvalue weighted by Crippen LogP contribution is 2.31. The summed E-state index contributed by atoms with van der Waals surface area (Å²) in [5, 5.41) is 0. The van der Waals surface area contributed by atoms with E-state index in [4.69, 9.17) is 9.47 Å². The lowest BCUT2D eigenvalue weighted by Crippen LogP contribution is -2.45. The van der Waals surface area contributed by atoms with Gasteiger partial charge >= 0.3 is 11.9 Å². The quantitative estimate of drug-likeness (QED) is 0.516. The van der Waals surface area contributed by atoms with Crippen molar-refractivity contribution < 1.29 is 19.1 Å². The topological polar surface area (TPSA) is 55.8 Å². The van der Waals surface area contributed by atoms with Gasteiger partial charge in [0.2, 0.25) is 0 Å². The normalized spacial score (nSPS) is 11.3. The number of esters is 2. The second kappa shape index (κ2) is 9.30. The van der Waals surface area contributed by atoms with Gasteiger partial charge in [0.15, 0.2) is 5.41 Å². The van der Waals surface area contributed by atoms with Crippen molar-refractivity contribution >= 4 is 11.9 Å². The molecule has 0 heterocycles. The largest absolute Gasteiger partial charge is 0.465 e. The first kappa shape index (κ1) is 19.2. The van der Waals surface area contributed by atoms with Gasteiger partial charge in [-0.2, -0.15) is 0 Å². The van der Waals surface area contributed by atoms with Gasteiger partial charge in [-0.1, -0.05) is 30.3 Å². The van der Waals surface area contributed by atoms with Crippen LogP contribution in [0, 0.1) is 5.41 Å². The Labute approximate surface area is 138 Å².